The summed E-state index contributed by atoms with van der Waals surface area (Å²) < 4.78 is 23.5. The number of carbonyl (C=O) groups excluding carboxylic acids is 1. The van der Waals surface area contributed by atoms with Gasteiger partial charge in [0.25, 0.3) is 0 Å². The largest absolute Gasteiger partial charge is 0.459 e. The van der Waals surface area contributed by atoms with Crippen molar-refractivity contribution in [3.8, 4) is 0 Å². The van der Waals surface area contributed by atoms with Crippen molar-refractivity contribution in [1.82, 2.24) is 0 Å². The van der Waals surface area contributed by atoms with Gasteiger partial charge in [0.05, 0.1) is 13.2 Å². The molecule has 1 fully saturated rings. The molecule has 1 saturated heterocycles. The first-order valence-corrected chi connectivity index (χ1v) is 13.2. The van der Waals surface area contributed by atoms with Gasteiger partial charge in [-0.05, 0) is 29.2 Å². The lowest BCUT2D eigenvalue weighted by molar-refractivity contribution is -0.251. The van der Waals surface area contributed by atoms with Crippen LogP contribution in [0.2, 0.25) is 18.1 Å². The van der Waals surface area contributed by atoms with E-state index in [4.69, 9.17) is 24.2 Å². The third-order valence-electron chi connectivity index (χ3n) is 5.74. The van der Waals surface area contributed by atoms with Crippen LogP contribution < -0.4 is 0 Å². The first-order chi connectivity index (χ1) is 14.5. The van der Waals surface area contributed by atoms with E-state index in [1.54, 1.807) is 0 Å². The maximum absolute atomic E-state index is 11.7. The maximum Gasteiger partial charge on any atom is 0.303 e. The van der Waals surface area contributed by atoms with Crippen LogP contribution in [0.25, 0.3) is 10.4 Å². The molecule has 0 unspecified atom stereocenters. The van der Waals surface area contributed by atoms with E-state index in [0.717, 1.165) is 5.56 Å². The molecule has 10 heteroatoms. The normalized spacial score (nSPS) is 26.7. The van der Waals surface area contributed by atoms with Gasteiger partial charge in [-0.1, -0.05) is 56.2 Å². The van der Waals surface area contributed by atoms with E-state index in [0.29, 0.717) is 6.61 Å². The van der Waals surface area contributed by atoms with Crippen molar-refractivity contribution in [3.63, 3.8) is 0 Å². The van der Waals surface area contributed by atoms with E-state index in [1.165, 1.54) is 6.92 Å². The highest BCUT2D eigenvalue weighted by molar-refractivity contribution is 6.74. The number of carbonyl (C=O) groups is 1. The number of rotatable bonds is 8. The van der Waals surface area contributed by atoms with E-state index < -0.39 is 44.9 Å². The number of aliphatic hydroxyl groups is 1. The summed E-state index contributed by atoms with van der Waals surface area (Å²) >= 11 is 0. The van der Waals surface area contributed by atoms with Gasteiger partial charge < -0.3 is 23.7 Å². The number of azide groups is 1. The lowest BCUT2D eigenvalue weighted by Gasteiger charge is -2.46. The molecule has 0 aliphatic carbocycles. The van der Waals surface area contributed by atoms with Crippen LogP contribution in [0, 0.1) is 0 Å². The summed E-state index contributed by atoms with van der Waals surface area (Å²) in [6.07, 6.45) is -4.15. The number of nitrogens with zero attached hydrogens (tertiary/aromatic N) is 3. The zero-order valence-corrected chi connectivity index (χ0v) is 20.0. The Kier molecular flexibility index (Phi) is 8.64. The topological polar surface area (TPSA) is 123 Å². The number of esters is 1. The summed E-state index contributed by atoms with van der Waals surface area (Å²) in [4.78, 5) is 14.6. The first kappa shape index (κ1) is 25.3. The van der Waals surface area contributed by atoms with E-state index in [9.17, 15) is 9.90 Å². The molecule has 5 atom stereocenters. The SMILES string of the molecule is CC(=O)O[C@H]1[C@H](O)[C@@H](COCc2ccccc2)O[C@@H](O[Si](C)(C)C(C)(C)C)[C@@H]1N=[N+]=[N-]. The Balaban J connectivity index is 2.23. The van der Waals surface area contributed by atoms with E-state index in [1.807, 2.05) is 43.4 Å². The molecular formula is C21H33N3O6Si. The highest BCUT2D eigenvalue weighted by Gasteiger charge is 2.50. The molecule has 0 amide bonds. The predicted octanol–water partition coefficient (Wildman–Crippen LogP) is 3.92. The van der Waals surface area contributed by atoms with Gasteiger partial charge in [-0.15, -0.1) is 0 Å². The van der Waals surface area contributed by atoms with Crippen LogP contribution >= 0.6 is 0 Å². The second-order valence-corrected chi connectivity index (χ2v) is 13.9. The van der Waals surface area contributed by atoms with Crippen LogP contribution in [-0.4, -0.2) is 56.6 Å². The molecule has 2 rings (SSSR count). The standard InChI is InChI=1S/C21H33N3O6Si/c1-14(25)28-19-17(23-24-22)20(30-31(5,6)21(2,3)4)29-16(18(19)26)13-27-12-15-10-8-7-9-11-15/h7-11,16-20,26H,12-13H2,1-6H3/t16-,17-,18-,19-,20+/m1/s1. The summed E-state index contributed by atoms with van der Waals surface area (Å²) in [6, 6.07) is 8.58. The second kappa shape index (κ2) is 10.6. The summed E-state index contributed by atoms with van der Waals surface area (Å²) in [5.74, 6) is -0.598. The molecule has 1 heterocycles. The van der Waals surface area contributed by atoms with Crippen molar-refractivity contribution in [3.05, 3.63) is 46.3 Å². The Morgan fingerprint density at radius 2 is 1.94 bits per heavy atom. The summed E-state index contributed by atoms with van der Waals surface area (Å²) in [7, 11) is -2.34. The average molecular weight is 452 g/mol. The third kappa shape index (κ3) is 6.77. The fraction of sp³-hybridized carbons (Fsp3) is 0.667. The molecule has 1 aromatic rings. The molecule has 0 radical (unpaired) electrons. The Labute approximate surface area is 184 Å². The van der Waals surface area contributed by atoms with Crippen LogP contribution in [0.5, 0.6) is 0 Å². The lowest BCUT2D eigenvalue weighted by Crippen LogP contribution is -2.62. The minimum atomic E-state index is -2.34. The number of ether oxygens (including phenoxy) is 3. The van der Waals surface area contributed by atoms with E-state index in [-0.39, 0.29) is 11.6 Å². The zero-order chi connectivity index (χ0) is 23.2. The summed E-state index contributed by atoms with van der Waals surface area (Å²) in [5.41, 5.74) is 10.1. The maximum atomic E-state index is 11.7. The van der Waals surface area contributed by atoms with Gasteiger partial charge in [0.2, 0.25) is 0 Å². The van der Waals surface area contributed by atoms with Crippen LogP contribution in [0.1, 0.15) is 33.3 Å². The molecule has 0 bridgehead atoms. The van der Waals surface area contributed by atoms with E-state index in [2.05, 4.69) is 30.8 Å². The molecule has 0 saturated carbocycles. The van der Waals surface area contributed by atoms with Gasteiger partial charge in [0.1, 0.15) is 24.4 Å². The van der Waals surface area contributed by atoms with Crippen molar-refractivity contribution in [2.75, 3.05) is 6.61 Å². The fourth-order valence-corrected chi connectivity index (χ4v) is 4.11. The van der Waals surface area contributed by atoms with Crippen molar-refractivity contribution in [1.29, 1.82) is 0 Å². The van der Waals surface area contributed by atoms with E-state index >= 15 is 0 Å². The monoisotopic (exact) mass is 451 g/mol. The van der Waals surface area contributed by atoms with Crippen LogP contribution in [0.15, 0.2) is 35.4 Å². The van der Waals surface area contributed by atoms with Gasteiger partial charge in [-0.25, -0.2) is 0 Å². The molecule has 0 aromatic heterocycles. The first-order valence-electron chi connectivity index (χ1n) is 10.3. The highest BCUT2D eigenvalue weighted by atomic mass is 28.4. The molecule has 1 aromatic carbocycles. The van der Waals surface area contributed by atoms with Crippen molar-refractivity contribution in [2.45, 2.75) is 83.1 Å². The Hall–Kier alpha value is -1.94. The zero-order valence-electron chi connectivity index (χ0n) is 19.0. The average Bonchev–Trinajstić information content (AvgIpc) is 2.67. The van der Waals surface area contributed by atoms with Crippen LogP contribution in [0.3, 0.4) is 0 Å². The van der Waals surface area contributed by atoms with Crippen molar-refractivity contribution >= 4 is 14.3 Å². The molecule has 31 heavy (non-hydrogen) atoms. The van der Waals surface area contributed by atoms with Crippen molar-refractivity contribution < 1.29 is 28.5 Å². The number of hydrogen-bond acceptors (Lipinski definition) is 7. The highest BCUT2D eigenvalue weighted by Crippen LogP contribution is 2.39. The number of aliphatic hydroxyl groups excluding tert-OH is 1. The lowest BCUT2D eigenvalue weighted by atomic mass is 9.97. The molecule has 1 aliphatic rings. The van der Waals surface area contributed by atoms with Crippen molar-refractivity contribution in [2.24, 2.45) is 5.11 Å². The predicted molar refractivity (Wildman–Crippen MR) is 118 cm³/mol. The molecule has 1 N–H and O–H groups in total. The Morgan fingerprint density at radius 1 is 1.29 bits per heavy atom. The summed E-state index contributed by atoms with van der Waals surface area (Å²) in [6.45, 7) is 11.9. The van der Waals surface area contributed by atoms with Gasteiger partial charge >= 0.3 is 5.97 Å². The van der Waals surface area contributed by atoms with Gasteiger partial charge in [-0.2, -0.15) is 0 Å². The Morgan fingerprint density at radius 3 is 2.48 bits per heavy atom. The van der Waals surface area contributed by atoms with Gasteiger partial charge in [-0.3, -0.25) is 4.79 Å². The number of benzene rings is 1. The van der Waals surface area contributed by atoms with Gasteiger partial charge in [0, 0.05) is 11.8 Å². The van der Waals surface area contributed by atoms with Crippen LogP contribution in [-0.2, 0) is 30.0 Å². The summed E-state index contributed by atoms with van der Waals surface area (Å²) in [5, 5.41) is 14.5. The molecule has 0 spiro atoms. The molecule has 1 aliphatic heterocycles. The fourth-order valence-electron chi connectivity index (χ4n) is 2.98. The van der Waals surface area contributed by atoms with Gasteiger partial charge in [0.15, 0.2) is 14.6 Å². The number of hydrogen-bond donors (Lipinski definition) is 1. The molecular weight excluding hydrogens is 418 g/mol. The minimum absolute atomic E-state index is 0.0498. The second-order valence-electron chi connectivity index (χ2n) is 9.18. The quantitative estimate of drug-likeness (QED) is 0.210. The smallest absolute Gasteiger partial charge is 0.303 e. The molecule has 9 nitrogen and oxygen atoms in total. The Bertz CT molecular complexity index is 779. The minimum Gasteiger partial charge on any atom is -0.459 e. The third-order valence-corrected chi connectivity index (χ3v) is 10.2. The molecule has 172 valence electrons. The van der Waals surface area contributed by atoms with Crippen LogP contribution in [0.4, 0.5) is 0 Å².